The van der Waals surface area contributed by atoms with Crippen LogP contribution in [0.1, 0.15) is 35.1 Å². The molecular weight excluding hydrogens is 443 g/mol. The summed E-state index contributed by atoms with van der Waals surface area (Å²) in [6.45, 7) is 2.87. The molecule has 180 valence electrons. The molecule has 0 spiro atoms. The first-order valence-corrected chi connectivity index (χ1v) is 11.6. The van der Waals surface area contributed by atoms with E-state index in [0.717, 1.165) is 23.4 Å². The zero-order valence-corrected chi connectivity index (χ0v) is 20.1. The standard InChI is InChI=1S/C28H29FN4O2/c1-18(34)30-15-14-19-4-8-21(9-5-19)27(31-23-11-6-20(7-12-23)17-33(2)3)26-24-13-10-22(29)16-25(24)32-28(26)35/h4-13,16,26H,14-15,17H2,1-3H3,(H,30,34)(H,32,35). The van der Waals surface area contributed by atoms with Gasteiger partial charge in [0.25, 0.3) is 0 Å². The highest BCUT2D eigenvalue weighted by Crippen LogP contribution is 2.36. The zero-order chi connectivity index (χ0) is 24.9. The molecule has 1 unspecified atom stereocenters. The van der Waals surface area contributed by atoms with Gasteiger partial charge in [0.2, 0.25) is 11.8 Å². The number of hydrogen-bond acceptors (Lipinski definition) is 4. The topological polar surface area (TPSA) is 73.8 Å². The minimum atomic E-state index is -0.655. The van der Waals surface area contributed by atoms with E-state index >= 15 is 0 Å². The van der Waals surface area contributed by atoms with Crippen LogP contribution in [0.25, 0.3) is 0 Å². The van der Waals surface area contributed by atoms with E-state index < -0.39 is 11.7 Å². The van der Waals surface area contributed by atoms with Crippen molar-refractivity contribution in [2.75, 3.05) is 26.0 Å². The summed E-state index contributed by atoms with van der Waals surface area (Å²) in [6.07, 6.45) is 0.700. The maximum atomic E-state index is 13.8. The molecule has 0 radical (unpaired) electrons. The molecule has 0 aromatic heterocycles. The maximum absolute atomic E-state index is 13.8. The third kappa shape index (κ3) is 6.00. The molecule has 0 bridgehead atoms. The number of rotatable bonds is 8. The Morgan fingerprint density at radius 1 is 1.03 bits per heavy atom. The van der Waals surface area contributed by atoms with Crippen LogP contribution in [0, 0.1) is 5.82 Å². The van der Waals surface area contributed by atoms with E-state index in [2.05, 4.69) is 15.5 Å². The molecule has 0 saturated carbocycles. The average Bonchev–Trinajstić information content (AvgIpc) is 3.13. The molecule has 4 rings (SSSR count). The highest BCUT2D eigenvalue weighted by atomic mass is 19.1. The summed E-state index contributed by atoms with van der Waals surface area (Å²) in [4.78, 5) is 31.2. The SMILES string of the molecule is CC(=O)NCCc1ccc(C(=Nc2ccc(CN(C)C)cc2)C2C(=O)Nc3cc(F)ccc32)cc1. The zero-order valence-electron chi connectivity index (χ0n) is 20.1. The van der Waals surface area contributed by atoms with E-state index in [0.29, 0.717) is 29.9 Å². The Labute approximate surface area is 204 Å². The van der Waals surface area contributed by atoms with Gasteiger partial charge in [-0.1, -0.05) is 42.5 Å². The number of carbonyl (C=O) groups is 2. The lowest BCUT2D eigenvalue weighted by Gasteiger charge is -2.15. The monoisotopic (exact) mass is 472 g/mol. The number of fused-ring (bicyclic) bond motifs is 1. The normalized spacial score (nSPS) is 15.2. The Bertz CT molecular complexity index is 1250. The number of anilines is 1. The van der Waals surface area contributed by atoms with Crippen molar-refractivity contribution in [1.29, 1.82) is 0 Å². The number of aliphatic imine (C=N–C) groups is 1. The molecule has 1 aliphatic rings. The van der Waals surface area contributed by atoms with Crippen molar-refractivity contribution < 1.29 is 14.0 Å². The maximum Gasteiger partial charge on any atom is 0.238 e. The van der Waals surface area contributed by atoms with Gasteiger partial charge in [0.05, 0.1) is 11.4 Å². The van der Waals surface area contributed by atoms with Crippen molar-refractivity contribution in [3.63, 3.8) is 0 Å². The molecule has 2 N–H and O–H groups in total. The van der Waals surface area contributed by atoms with E-state index in [1.165, 1.54) is 24.6 Å². The molecule has 0 fully saturated rings. The third-order valence-electron chi connectivity index (χ3n) is 5.84. The molecule has 0 saturated heterocycles. The van der Waals surface area contributed by atoms with E-state index in [1.807, 2.05) is 62.6 Å². The Morgan fingerprint density at radius 3 is 2.37 bits per heavy atom. The number of nitrogens with zero attached hydrogens (tertiary/aromatic N) is 2. The Balaban J connectivity index is 1.70. The van der Waals surface area contributed by atoms with Crippen LogP contribution in [0.5, 0.6) is 0 Å². The van der Waals surface area contributed by atoms with Crippen LogP contribution in [0.15, 0.2) is 71.7 Å². The molecule has 3 aromatic rings. The molecule has 2 amide bonds. The number of benzene rings is 3. The van der Waals surface area contributed by atoms with Gasteiger partial charge in [0, 0.05) is 25.7 Å². The number of carbonyl (C=O) groups excluding carboxylic acids is 2. The second-order valence-corrected chi connectivity index (χ2v) is 8.98. The third-order valence-corrected chi connectivity index (χ3v) is 5.84. The average molecular weight is 473 g/mol. The van der Waals surface area contributed by atoms with Crippen molar-refractivity contribution >= 4 is 28.9 Å². The van der Waals surface area contributed by atoms with Crippen molar-refractivity contribution in [1.82, 2.24) is 10.2 Å². The largest absolute Gasteiger partial charge is 0.356 e. The molecule has 1 atom stereocenters. The van der Waals surface area contributed by atoms with Crippen molar-refractivity contribution in [3.05, 3.63) is 94.8 Å². The van der Waals surface area contributed by atoms with E-state index in [-0.39, 0.29) is 11.8 Å². The van der Waals surface area contributed by atoms with Gasteiger partial charge in [-0.25, -0.2) is 4.39 Å². The van der Waals surface area contributed by atoms with Crippen molar-refractivity contribution in [3.8, 4) is 0 Å². The fourth-order valence-electron chi connectivity index (χ4n) is 4.21. The van der Waals surface area contributed by atoms with Crippen LogP contribution in [0.3, 0.4) is 0 Å². The summed E-state index contributed by atoms with van der Waals surface area (Å²) in [5.74, 6) is -1.35. The molecule has 6 nitrogen and oxygen atoms in total. The first-order valence-electron chi connectivity index (χ1n) is 11.6. The number of amides is 2. The summed E-state index contributed by atoms with van der Waals surface area (Å²) in [6, 6.07) is 20.1. The Morgan fingerprint density at radius 2 is 1.71 bits per heavy atom. The number of halogens is 1. The molecule has 3 aromatic carbocycles. The summed E-state index contributed by atoms with van der Waals surface area (Å²) >= 11 is 0. The molecule has 0 aliphatic carbocycles. The highest BCUT2D eigenvalue weighted by molar-refractivity contribution is 6.24. The molecule has 7 heteroatoms. The van der Waals surface area contributed by atoms with Crippen LogP contribution in [-0.2, 0) is 22.6 Å². The van der Waals surface area contributed by atoms with Crippen LogP contribution >= 0.6 is 0 Å². The van der Waals surface area contributed by atoms with E-state index in [1.54, 1.807) is 6.07 Å². The Hall–Kier alpha value is -3.84. The summed E-state index contributed by atoms with van der Waals surface area (Å²) < 4.78 is 13.8. The minimum absolute atomic E-state index is 0.0602. The van der Waals surface area contributed by atoms with Crippen LogP contribution in [-0.4, -0.2) is 43.1 Å². The summed E-state index contributed by atoms with van der Waals surface area (Å²) in [5, 5.41) is 5.60. The van der Waals surface area contributed by atoms with Gasteiger partial charge in [0.1, 0.15) is 11.7 Å². The Kier molecular flexibility index (Phi) is 7.36. The summed E-state index contributed by atoms with van der Waals surface area (Å²) in [7, 11) is 4.03. The van der Waals surface area contributed by atoms with E-state index in [4.69, 9.17) is 4.99 Å². The molecule has 1 heterocycles. The van der Waals surface area contributed by atoms with Gasteiger partial charge in [-0.05, 0) is 67.0 Å². The lowest BCUT2D eigenvalue weighted by Crippen LogP contribution is -2.23. The predicted molar refractivity (Wildman–Crippen MR) is 137 cm³/mol. The quantitative estimate of drug-likeness (QED) is 0.477. The smallest absolute Gasteiger partial charge is 0.238 e. The van der Waals surface area contributed by atoms with E-state index in [9.17, 15) is 14.0 Å². The predicted octanol–water partition coefficient (Wildman–Crippen LogP) is 4.42. The minimum Gasteiger partial charge on any atom is -0.356 e. The molecular formula is C28H29FN4O2. The molecule has 35 heavy (non-hydrogen) atoms. The van der Waals surface area contributed by atoms with Crippen LogP contribution in [0.4, 0.5) is 15.8 Å². The summed E-state index contributed by atoms with van der Waals surface area (Å²) in [5.41, 5.74) is 5.55. The second kappa shape index (κ2) is 10.6. The first-order chi connectivity index (χ1) is 16.8. The van der Waals surface area contributed by atoms with Gasteiger partial charge in [-0.3, -0.25) is 14.6 Å². The van der Waals surface area contributed by atoms with Gasteiger partial charge >= 0.3 is 0 Å². The van der Waals surface area contributed by atoms with Gasteiger partial charge < -0.3 is 15.5 Å². The van der Waals surface area contributed by atoms with Gasteiger partial charge in [-0.2, -0.15) is 0 Å². The van der Waals surface area contributed by atoms with Crippen LogP contribution in [0.2, 0.25) is 0 Å². The number of hydrogen-bond donors (Lipinski definition) is 2. The van der Waals surface area contributed by atoms with Crippen LogP contribution < -0.4 is 10.6 Å². The lowest BCUT2D eigenvalue weighted by molar-refractivity contribution is -0.119. The highest BCUT2D eigenvalue weighted by Gasteiger charge is 2.35. The van der Waals surface area contributed by atoms with Gasteiger partial charge in [-0.15, -0.1) is 0 Å². The van der Waals surface area contributed by atoms with Gasteiger partial charge in [0.15, 0.2) is 0 Å². The number of nitrogens with one attached hydrogen (secondary N) is 2. The molecule has 1 aliphatic heterocycles. The van der Waals surface area contributed by atoms with Crippen molar-refractivity contribution in [2.24, 2.45) is 4.99 Å². The first kappa shape index (κ1) is 24.3. The van der Waals surface area contributed by atoms with Crippen molar-refractivity contribution in [2.45, 2.75) is 25.8 Å². The second-order valence-electron chi connectivity index (χ2n) is 8.98. The lowest BCUT2D eigenvalue weighted by atomic mass is 9.90. The fourth-order valence-corrected chi connectivity index (χ4v) is 4.21. The fraction of sp³-hybridized carbons (Fsp3) is 0.250.